The predicted octanol–water partition coefficient (Wildman–Crippen LogP) is 12.8. The summed E-state index contributed by atoms with van der Waals surface area (Å²) < 4.78 is 3.08. The van der Waals surface area contributed by atoms with Crippen LogP contribution in [0.15, 0.2) is 115 Å². The molecule has 0 unspecified atom stereocenters. The van der Waals surface area contributed by atoms with Crippen molar-refractivity contribution in [3.05, 3.63) is 138 Å². The van der Waals surface area contributed by atoms with E-state index in [1.165, 1.54) is 0 Å². The van der Waals surface area contributed by atoms with E-state index in [1.807, 2.05) is 48.6 Å². The van der Waals surface area contributed by atoms with Crippen LogP contribution in [0, 0.1) is 0 Å². The van der Waals surface area contributed by atoms with Gasteiger partial charge in [0.05, 0.1) is 22.8 Å². The molecule has 8 nitrogen and oxygen atoms in total. The summed E-state index contributed by atoms with van der Waals surface area (Å²) in [4.78, 5) is 18.0. The molecule has 0 saturated carbocycles. The van der Waals surface area contributed by atoms with Crippen LogP contribution in [0.3, 0.4) is 0 Å². The second kappa shape index (κ2) is 14.4. The molecule has 8 bridgehead atoms. The number of phenolic OH excluding ortho intramolecular Hbond substituents is 4. The van der Waals surface area contributed by atoms with Crippen molar-refractivity contribution in [2.45, 2.75) is 12.8 Å². The number of nitrogens with one attached hydrogen (secondary N) is 2. The highest BCUT2D eigenvalue weighted by atomic mass is 79.9. The monoisotopic (exact) mass is 992 g/mol. The predicted molar refractivity (Wildman–Crippen MR) is 237 cm³/mol. The lowest BCUT2D eigenvalue weighted by Crippen LogP contribution is -1.91. The molecule has 9 rings (SSSR count). The molecule has 0 spiro atoms. The third kappa shape index (κ3) is 6.54. The molecule has 0 radical (unpaired) electrons. The van der Waals surface area contributed by atoms with Crippen molar-refractivity contribution >= 4 is 97.9 Å². The number of benzene rings is 4. The van der Waals surface area contributed by atoms with Crippen LogP contribution in [0.1, 0.15) is 22.8 Å². The molecule has 12 heteroatoms. The van der Waals surface area contributed by atoms with Crippen LogP contribution in [0.5, 0.6) is 23.0 Å². The first-order valence-electron chi connectivity index (χ1n) is 17.4. The number of aryl methyl sites for hydroxylation is 2. The normalized spacial score (nSPS) is 12.4. The third-order valence-electron chi connectivity index (χ3n) is 9.92. The maximum absolute atomic E-state index is 10.8. The number of aromatic hydroxyl groups is 4. The Labute approximate surface area is 353 Å². The van der Waals surface area contributed by atoms with Gasteiger partial charge >= 0.3 is 0 Å². The second-order valence-electron chi connectivity index (χ2n) is 13.4. The fourth-order valence-corrected chi connectivity index (χ4v) is 9.24. The molecule has 6 N–H and O–H groups in total. The number of aromatic nitrogens is 4. The van der Waals surface area contributed by atoms with Gasteiger partial charge in [-0.05, 0) is 122 Å². The molecule has 4 aromatic carbocycles. The van der Waals surface area contributed by atoms with Crippen LogP contribution in [0.4, 0.5) is 0 Å². The van der Waals surface area contributed by atoms with Crippen molar-refractivity contribution in [1.82, 2.24) is 19.9 Å². The average Bonchev–Trinajstić information content (AvgIpc) is 4.01. The van der Waals surface area contributed by atoms with Gasteiger partial charge in [0.25, 0.3) is 0 Å². The highest BCUT2D eigenvalue weighted by Crippen LogP contribution is 2.44. The van der Waals surface area contributed by atoms with E-state index in [9.17, 15) is 20.4 Å². The smallest absolute Gasteiger partial charge is 0.116 e. The molecule has 5 heterocycles. The summed E-state index contributed by atoms with van der Waals surface area (Å²) in [6, 6.07) is 28.6. The second-order valence-corrected chi connectivity index (χ2v) is 16.9. The van der Waals surface area contributed by atoms with E-state index in [-0.39, 0.29) is 23.0 Å². The zero-order chi connectivity index (χ0) is 38.8. The van der Waals surface area contributed by atoms with Gasteiger partial charge in [0.2, 0.25) is 0 Å². The number of nitrogens with zero attached hydrogens (tertiary/aromatic N) is 2. The minimum absolute atomic E-state index is 0.0982. The lowest BCUT2D eigenvalue weighted by molar-refractivity contribution is 0.475. The van der Waals surface area contributed by atoms with Crippen molar-refractivity contribution in [2.24, 2.45) is 0 Å². The molecule has 56 heavy (non-hydrogen) atoms. The number of phenols is 4. The molecule has 0 amide bonds. The third-order valence-corrected chi connectivity index (χ3v) is 12.7. The SMILES string of the molecule is Oc1ccc(Br)c(-c2c3nc(c(-c4cc(O)ccc4Br)c4ccc([nH]4)c(-c4cc(O)ccc4Br)c4nc(c(-c5cc(O)ccc5Br)c5ccc2[nH]5)CC4)C=C3)c1. The Morgan fingerprint density at radius 2 is 0.696 bits per heavy atom. The summed E-state index contributed by atoms with van der Waals surface area (Å²) in [5, 5.41) is 43.0. The topological polar surface area (TPSA) is 138 Å². The standard InChI is InChI=1S/C44H28Br4N4O4/c45-29-5-1-21(53)17-25(29)41-33-9-11-35(49-33)42(26-18-22(54)2-6-30(26)46)37-13-15-39(51-37)44(28-20-24(56)4-8-32(28)48)40-16-14-38(52-40)43(36-12-10-34(41)50-36)27-19-23(55)3-7-31(27)47/h1-13,15,17-20,50-51,53-56H,14,16H2. The van der Waals surface area contributed by atoms with Crippen molar-refractivity contribution in [2.75, 3.05) is 0 Å². The minimum atomic E-state index is 0.0982. The Hall–Kier alpha value is -5.14. The van der Waals surface area contributed by atoms with Gasteiger partial charge in [-0.3, -0.25) is 4.98 Å². The molecular weight excluding hydrogens is 968 g/mol. The molecule has 0 atom stereocenters. The number of H-pyrrole nitrogens is 2. The molecule has 0 saturated heterocycles. The Kier molecular flexibility index (Phi) is 9.40. The molecule has 2 aliphatic rings. The number of aromatic amines is 2. The molecule has 3 aromatic heterocycles. The number of rotatable bonds is 4. The van der Waals surface area contributed by atoms with Crippen molar-refractivity contribution in [3.63, 3.8) is 0 Å². The van der Waals surface area contributed by atoms with Gasteiger partial charge in [0, 0.05) is 84.5 Å². The van der Waals surface area contributed by atoms with E-state index < -0.39 is 0 Å². The van der Waals surface area contributed by atoms with E-state index in [1.54, 1.807) is 60.7 Å². The lowest BCUT2D eigenvalue weighted by atomic mass is 10.0. The fourth-order valence-electron chi connectivity index (χ4n) is 7.46. The van der Waals surface area contributed by atoms with Crippen molar-refractivity contribution in [1.29, 1.82) is 0 Å². The first-order valence-corrected chi connectivity index (χ1v) is 20.6. The van der Waals surface area contributed by atoms with E-state index in [4.69, 9.17) is 9.97 Å². The van der Waals surface area contributed by atoms with Crippen LogP contribution < -0.4 is 0 Å². The summed E-state index contributed by atoms with van der Waals surface area (Å²) in [5.41, 5.74) is 11.9. The van der Waals surface area contributed by atoms with Gasteiger partial charge in [-0.1, -0.05) is 63.7 Å². The Bertz CT molecular complexity index is 2790. The molecule has 2 aliphatic heterocycles. The van der Waals surface area contributed by atoms with Gasteiger partial charge in [0.1, 0.15) is 23.0 Å². The molecule has 7 aromatic rings. The van der Waals surface area contributed by atoms with E-state index in [0.29, 0.717) is 24.2 Å². The Balaban J connectivity index is 1.52. The maximum Gasteiger partial charge on any atom is 0.116 e. The number of halogens is 4. The van der Waals surface area contributed by atoms with Gasteiger partial charge in [-0.25, -0.2) is 4.98 Å². The van der Waals surface area contributed by atoms with E-state index in [0.717, 1.165) is 95.9 Å². The molecular formula is C44H28Br4N4O4. The number of hydrogen-bond donors (Lipinski definition) is 6. The fraction of sp³-hybridized carbons (Fsp3) is 0.0455. The number of fused-ring (bicyclic) bond motifs is 8. The van der Waals surface area contributed by atoms with E-state index in [2.05, 4.69) is 73.7 Å². The maximum atomic E-state index is 10.8. The Morgan fingerprint density at radius 1 is 0.393 bits per heavy atom. The van der Waals surface area contributed by atoms with Crippen molar-refractivity contribution in [3.8, 4) is 67.5 Å². The van der Waals surface area contributed by atoms with Crippen LogP contribution in [-0.4, -0.2) is 40.4 Å². The summed E-state index contributed by atoms with van der Waals surface area (Å²) in [7, 11) is 0. The quantitative estimate of drug-likeness (QED) is 0.104. The highest BCUT2D eigenvalue weighted by molar-refractivity contribution is 9.11. The lowest BCUT2D eigenvalue weighted by Gasteiger charge is -2.10. The minimum Gasteiger partial charge on any atom is -0.508 e. The van der Waals surface area contributed by atoms with Crippen LogP contribution in [0.2, 0.25) is 0 Å². The average molecular weight is 996 g/mol. The van der Waals surface area contributed by atoms with Crippen LogP contribution in [-0.2, 0) is 12.8 Å². The highest BCUT2D eigenvalue weighted by Gasteiger charge is 2.24. The molecule has 276 valence electrons. The van der Waals surface area contributed by atoms with Gasteiger partial charge in [0.15, 0.2) is 0 Å². The molecule has 0 aliphatic carbocycles. The molecule has 0 fully saturated rings. The van der Waals surface area contributed by atoms with Crippen molar-refractivity contribution < 1.29 is 20.4 Å². The van der Waals surface area contributed by atoms with Crippen LogP contribution in [0.25, 0.3) is 78.7 Å². The largest absolute Gasteiger partial charge is 0.508 e. The van der Waals surface area contributed by atoms with Gasteiger partial charge in [-0.15, -0.1) is 0 Å². The summed E-state index contributed by atoms with van der Waals surface area (Å²) >= 11 is 15.0. The van der Waals surface area contributed by atoms with E-state index >= 15 is 0 Å². The summed E-state index contributed by atoms with van der Waals surface area (Å²) in [6.45, 7) is 0. The summed E-state index contributed by atoms with van der Waals surface area (Å²) in [5.74, 6) is 0.423. The number of hydrogen-bond acceptors (Lipinski definition) is 6. The first-order chi connectivity index (χ1) is 27.0. The van der Waals surface area contributed by atoms with Crippen LogP contribution >= 0.6 is 63.7 Å². The van der Waals surface area contributed by atoms with Gasteiger partial charge < -0.3 is 30.4 Å². The Morgan fingerprint density at radius 3 is 1.04 bits per heavy atom. The first kappa shape index (κ1) is 36.5. The summed E-state index contributed by atoms with van der Waals surface area (Å²) in [6.07, 6.45) is 5.06. The zero-order valence-corrected chi connectivity index (χ0v) is 35.3. The van der Waals surface area contributed by atoms with Gasteiger partial charge in [-0.2, -0.15) is 0 Å². The zero-order valence-electron chi connectivity index (χ0n) is 29.0.